The molecule has 1 saturated heterocycles. The van der Waals surface area contributed by atoms with Gasteiger partial charge in [0.15, 0.2) is 5.71 Å². The van der Waals surface area contributed by atoms with E-state index in [0.717, 1.165) is 11.1 Å². The van der Waals surface area contributed by atoms with E-state index in [2.05, 4.69) is 16.1 Å². The molecule has 3 heterocycles. The van der Waals surface area contributed by atoms with E-state index in [1.807, 2.05) is 4.90 Å². The zero-order chi connectivity index (χ0) is 15.9. The summed E-state index contributed by atoms with van der Waals surface area (Å²) in [5.41, 5.74) is -1.92. The third-order valence-electron chi connectivity index (χ3n) is 3.24. The standard InChI is InChI=1S/C13H8F3N3O2S/c14-13(15,16)11-9(12(20)21-18-11)3-8-1-2-10(22-8)19-5-7(4-17)6-19/h1-3,7H,5-6H2/b9-3-. The average Bonchev–Trinajstić information content (AvgIpc) is 2.97. The van der Waals surface area contributed by atoms with Crippen molar-refractivity contribution < 1.29 is 22.8 Å². The van der Waals surface area contributed by atoms with E-state index in [4.69, 9.17) is 5.26 Å². The highest BCUT2D eigenvalue weighted by Crippen LogP contribution is 2.34. The number of halogens is 3. The van der Waals surface area contributed by atoms with Gasteiger partial charge in [-0.05, 0) is 18.2 Å². The van der Waals surface area contributed by atoms with Gasteiger partial charge in [0, 0.05) is 18.0 Å². The summed E-state index contributed by atoms with van der Waals surface area (Å²) in [6, 6.07) is 5.51. The number of carbonyl (C=O) groups is 1. The fourth-order valence-electron chi connectivity index (χ4n) is 2.09. The van der Waals surface area contributed by atoms with E-state index >= 15 is 0 Å². The molecule has 9 heteroatoms. The Morgan fingerprint density at radius 2 is 2.18 bits per heavy atom. The van der Waals surface area contributed by atoms with E-state index in [1.165, 1.54) is 11.3 Å². The van der Waals surface area contributed by atoms with Crippen LogP contribution in [0.3, 0.4) is 0 Å². The van der Waals surface area contributed by atoms with Gasteiger partial charge >= 0.3 is 12.1 Å². The number of alkyl halides is 3. The van der Waals surface area contributed by atoms with E-state index in [1.54, 1.807) is 12.1 Å². The average molecular weight is 327 g/mol. The van der Waals surface area contributed by atoms with Crippen molar-refractivity contribution in [3.63, 3.8) is 0 Å². The lowest BCUT2D eigenvalue weighted by molar-refractivity contribution is -0.136. The van der Waals surface area contributed by atoms with Crippen molar-refractivity contribution in [2.24, 2.45) is 11.1 Å². The first-order valence-electron chi connectivity index (χ1n) is 6.21. The number of thiophene rings is 1. The van der Waals surface area contributed by atoms with Crippen molar-refractivity contribution in [2.75, 3.05) is 18.0 Å². The Labute approximate surface area is 126 Å². The highest BCUT2D eigenvalue weighted by Gasteiger charge is 2.45. The predicted molar refractivity (Wildman–Crippen MR) is 73.2 cm³/mol. The molecule has 0 bridgehead atoms. The number of hydrogen-bond donors (Lipinski definition) is 0. The highest BCUT2D eigenvalue weighted by atomic mass is 32.1. The van der Waals surface area contributed by atoms with Crippen molar-refractivity contribution >= 4 is 34.1 Å². The van der Waals surface area contributed by atoms with Crippen LogP contribution in [-0.2, 0) is 9.63 Å². The van der Waals surface area contributed by atoms with Crippen molar-refractivity contribution in [1.29, 1.82) is 5.26 Å². The van der Waals surface area contributed by atoms with Crippen LogP contribution in [0.2, 0.25) is 0 Å². The Morgan fingerprint density at radius 3 is 2.82 bits per heavy atom. The normalized spacial score (nSPS) is 20.6. The monoisotopic (exact) mass is 327 g/mol. The SMILES string of the molecule is N#CC1CN(c2ccc(/C=C3\C(=O)ON=C3C(F)(F)F)s2)C1. The second-order valence-corrected chi connectivity index (χ2v) is 5.88. The highest BCUT2D eigenvalue weighted by molar-refractivity contribution is 7.17. The van der Waals surface area contributed by atoms with Gasteiger partial charge in [0.2, 0.25) is 0 Å². The molecule has 1 aromatic heterocycles. The summed E-state index contributed by atoms with van der Waals surface area (Å²) in [5, 5.41) is 12.4. The summed E-state index contributed by atoms with van der Waals surface area (Å²) in [6.45, 7) is 1.20. The zero-order valence-corrected chi connectivity index (χ0v) is 11.7. The minimum atomic E-state index is -4.74. The second kappa shape index (κ2) is 5.14. The first-order chi connectivity index (χ1) is 10.4. The maximum Gasteiger partial charge on any atom is 0.437 e. The van der Waals surface area contributed by atoms with Gasteiger partial charge in [0.05, 0.1) is 22.6 Å². The number of nitriles is 1. The van der Waals surface area contributed by atoms with Gasteiger partial charge in [-0.3, -0.25) is 0 Å². The van der Waals surface area contributed by atoms with Crippen molar-refractivity contribution in [3.05, 3.63) is 22.6 Å². The van der Waals surface area contributed by atoms with Crippen molar-refractivity contribution in [2.45, 2.75) is 6.18 Å². The lowest BCUT2D eigenvalue weighted by atomic mass is 10.0. The van der Waals surface area contributed by atoms with Crippen LogP contribution in [0.4, 0.5) is 18.2 Å². The topological polar surface area (TPSA) is 65.7 Å². The molecule has 114 valence electrons. The molecule has 0 aromatic carbocycles. The van der Waals surface area contributed by atoms with Gasteiger partial charge in [-0.15, -0.1) is 11.3 Å². The molecule has 0 aliphatic carbocycles. The Bertz CT molecular complexity index is 724. The van der Waals surface area contributed by atoms with Crippen LogP contribution in [0.25, 0.3) is 6.08 Å². The summed E-state index contributed by atoms with van der Waals surface area (Å²) < 4.78 is 38.2. The third kappa shape index (κ3) is 2.57. The molecule has 0 amide bonds. The van der Waals surface area contributed by atoms with Gasteiger partial charge in [-0.25, -0.2) is 4.79 Å². The molecule has 3 rings (SSSR count). The summed E-state index contributed by atoms with van der Waals surface area (Å²) in [4.78, 5) is 17.9. The zero-order valence-electron chi connectivity index (χ0n) is 10.9. The Hall–Kier alpha value is -2.34. The smallest absolute Gasteiger partial charge is 0.361 e. The number of carbonyl (C=O) groups excluding carboxylic acids is 1. The van der Waals surface area contributed by atoms with Crippen LogP contribution in [0, 0.1) is 17.2 Å². The molecule has 1 aromatic rings. The van der Waals surface area contributed by atoms with Gasteiger partial charge in [0.25, 0.3) is 0 Å². The molecule has 2 aliphatic rings. The molecule has 0 atom stereocenters. The van der Waals surface area contributed by atoms with Crippen LogP contribution < -0.4 is 4.90 Å². The Balaban J connectivity index is 1.81. The summed E-state index contributed by atoms with van der Waals surface area (Å²) in [7, 11) is 0. The molecule has 0 spiro atoms. The Kier molecular flexibility index (Phi) is 3.41. The van der Waals surface area contributed by atoms with Gasteiger partial charge in [-0.2, -0.15) is 18.4 Å². The van der Waals surface area contributed by atoms with E-state index in [-0.39, 0.29) is 5.92 Å². The van der Waals surface area contributed by atoms with Crippen LogP contribution >= 0.6 is 11.3 Å². The maximum absolute atomic E-state index is 12.7. The molecule has 0 saturated carbocycles. The summed E-state index contributed by atoms with van der Waals surface area (Å²) in [5.74, 6) is -1.13. The van der Waals surface area contributed by atoms with Crippen LogP contribution in [0.5, 0.6) is 0 Å². The van der Waals surface area contributed by atoms with Crippen LogP contribution in [0.1, 0.15) is 4.88 Å². The fraction of sp³-hybridized carbons (Fsp3) is 0.308. The van der Waals surface area contributed by atoms with Crippen molar-refractivity contribution in [1.82, 2.24) is 0 Å². The molecular formula is C13H8F3N3O2S. The van der Waals surface area contributed by atoms with Crippen molar-refractivity contribution in [3.8, 4) is 6.07 Å². The quantitative estimate of drug-likeness (QED) is 0.618. The minimum absolute atomic E-state index is 0.0160. The number of oxime groups is 1. The lowest BCUT2D eigenvalue weighted by Gasteiger charge is -2.35. The molecule has 0 N–H and O–H groups in total. The molecule has 2 aliphatic heterocycles. The predicted octanol–water partition coefficient (Wildman–Crippen LogP) is 2.57. The van der Waals surface area contributed by atoms with E-state index in [0.29, 0.717) is 18.0 Å². The summed E-state index contributed by atoms with van der Waals surface area (Å²) >= 11 is 1.24. The molecule has 0 radical (unpaired) electrons. The minimum Gasteiger partial charge on any atom is -0.361 e. The first kappa shape index (κ1) is 14.6. The van der Waals surface area contributed by atoms with Gasteiger partial charge in [-0.1, -0.05) is 5.16 Å². The lowest BCUT2D eigenvalue weighted by Crippen LogP contribution is -2.45. The van der Waals surface area contributed by atoms with Crippen LogP contribution in [0.15, 0.2) is 22.9 Å². The third-order valence-corrected chi connectivity index (χ3v) is 4.33. The molecular weight excluding hydrogens is 319 g/mol. The number of anilines is 1. The second-order valence-electron chi connectivity index (χ2n) is 4.78. The van der Waals surface area contributed by atoms with E-state index in [9.17, 15) is 18.0 Å². The number of rotatable bonds is 2. The largest absolute Gasteiger partial charge is 0.437 e. The molecule has 0 unspecified atom stereocenters. The molecule has 1 fully saturated rings. The fourth-order valence-corrected chi connectivity index (χ4v) is 3.05. The van der Waals surface area contributed by atoms with Gasteiger partial charge < -0.3 is 9.74 Å². The number of nitrogens with zero attached hydrogens (tertiary/aromatic N) is 3. The molecule has 5 nitrogen and oxygen atoms in total. The van der Waals surface area contributed by atoms with Crippen LogP contribution in [-0.4, -0.2) is 30.9 Å². The first-order valence-corrected chi connectivity index (χ1v) is 7.03. The molecule has 22 heavy (non-hydrogen) atoms. The number of hydrogen-bond acceptors (Lipinski definition) is 6. The Morgan fingerprint density at radius 1 is 1.45 bits per heavy atom. The summed E-state index contributed by atoms with van der Waals surface area (Å²) in [6.07, 6.45) is -3.62. The maximum atomic E-state index is 12.7. The van der Waals surface area contributed by atoms with Gasteiger partial charge in [0.1, 0.15) is 0 Å². The van der Waals surface area contributed by atoms with E-state index < -0.39 is 23.4 Å².